The summed E-state index contributed by atoms with van der Waals surface area (Å²) < 4.78 is 10.8. The monoisotopic (exact) mass is 406 g/mol. The van der Waals surface area contributed by atoms with Gasteiger partial charge < -0.3 is 14.8 Å². The van der Waals surface area contributed by atoms with Crippen molar-refractivity contribution in [2.75, 3.05) is 19.9 Å². The van der Waals surface area contributed by atoms with Crippen molar-refractivity contribution < 1.29 is 14.3 Å². The summed E-state index contributed by atoms with van der Waals surface area (Å²) in [5.74, 6) is 1.52. The first-order valence-corrected chi connectivity index (χ1v) is 10.7. The van der Waals surface area contributed by atoms with Gasteiger partial charge in [-0.2, -0.15) is 0 Å². The molecule has 0 fully saturated rings. The Kier molecular flexibility index (Phi) is 4.96. The second-order valence-electron chi connectivity index (χ2n) is 7.30. The summed E-state index contributed by atoms with van der Waals surface area (Å²) >= 11 is 1.81. The summed E-state index contributed by atoms with van der Waals surface area (Å²) in [6.07, 6.45) is 0.992. The van der Waals surface area contributed by atoms with E-state index < -0.39 is 0 Å². The number of ether oxygens (including phenoxy) is 2. The van der Waals surface area contributed by atoms with Crippen molar-refractivity contribution in [1.29, 1.82) is 0 Å². The molecule has 2 aromatic carbocycles. The molecule has 2 aliphatic heterocycles. The Morgan fingerprint density at radius 2 is 1.97 bits per heavy atom. The van der Waals surface area contributed by atoms with Crippen LogP contribution >= 0.6 is 11.3 Å². The van der Waals surface area contributed by atoms with E-state index in [-0.39, 0.29) is 18.7 Å². The smallest absolute Gasteiger partial charge is 0.234 e. The molecule has 0 spiro atoms. The summed E-state index contributed by atoms with van der Waals surface area (Å²) in [4.78, 5) is 16.4. The molecule has 1 aromatic heterocycles. The van der Waals surface area contributed by atoms with E-state index in [1.165, 1.54) is 16.0 Å². The van der Waals surface area contributed by atoms with Gasteiger partial charge in [0.15, 0.2) is 11.5 Å². The second-order valence-corrected chi connectivity index (χ2v) is 8.30. The lowest BCUT2D eigenvalue weighted by atomic mass is 9.93. The van der Waals surface area contributed by atoms with Crippen molar-refractivity contribution in [1.82, 2.24) is 10.2 Å². The Labute approximate surface area is 173 Å². The Bertz CT molecular complexity index is 1020. The molecule has 5 rings (SSSR count). The van der Waals surface area contributed by atoms with Crippen molar-refractivity contribution in [3.05, 3.63) is 81.5 Å². The van der Waals surface area contributed by atoms with Gasteiger partial charge in [-0.15, -0.1) is 11.3 Å². The van der Waals surface area contributed by atoms with Crippen LogP contribution in [0.15, 0.2) is 60.0 Å². The predicted molar refractivity (Wildman–Crippen MR) is 112 cm³/mol. The lowest BCUT2D eigenvalue weighted by Crippen LogP contribution is -2.42. The lowest BCUT2D eigenvalue weighted by molar-refractivity contribution is -0.122. The summed E-state index contributed by atoms with van der Waals surface area (Å²) in [5.41, 5.74) is 3.56. The number of rotatable bonds is 5. The highest BCUT2D eigenvalue weighted by molar-refractivity contribution is 7.10. The maximum absolute atomic E-state index is 12.7. The summed E-state index contributed by atoms with van der Waals surface area (Å²) in [6.45, 7) is 1.98. The molecule has 148 valence electrons. The minimum absolute atomic E-state index is 0.0299. The van der Waals surface area contributed by atoms with Gasteiger partial charge in [0, 0.05) is 18.0 Å². The molecule has 1 atom stereocenters. The van der Waals surface area contributed by atoms with Crippen molar-refractivity contribution in [2.45, 2.75) is 19.0 Å². The van der Waals surface area contributed by atoms with Crippen LogP contribution in [0.1, 0.15) is 27.6 Å². The van der Waals surface area contributed by atoms with Crippen molar-refractivity contribution >= 4 is 17.2 Å². The number of nitrogens with zero attached hydrogens (tertiary/aromatic N) is 1. The standard InChI is InChI=1S/C23H22N2O3S/c26-22(24-13-16-6-7-19-20(12-16)28-15-27-19)14-25-10-8-21-18(9-11-29-21)23(25)17-4-2-1-3-5-17/h1-7,9,11-12,23H,8,10,13-15H2,(H,24,26). The Morgan fingerprint density at radius 3 is 2.86 bits per heavy atom. The third-order valence-electron chi connectivity index (χ3n) is 5.45. The first-order chi connectivity index (χ1) is 14.3. The quantitative estimate of drug-likeness (QED) is 0.701. The van der Waals surface area contributed by atoms with Crippen LogP contribution < -0.4 is 14.8 Å². The van der Waals surface area contributed by atoms with E-state index in [1.807, 2.05) is 35.6 Å². The van der Waals surface area contributed by atoms with Crippen LogP contribution in [0.3, 0.4) is 0 Å². The minimum Gasteiger partial charge on any atom is -0.454 e. The van der Waals surface area contributed by atoms with Gasteiger partial charge in [-0.1, -0.05) is 36.4 Å². The van der Waals surface area contributed by atoms with E-state index in [1.54, 1.807) is 0 Å². The van der Waals surface area contributed by atoms with E-state index in [4.69, 9.17) is 9.47 Å². The largest absolute Gasteiger partial charge is 0.454 e. The average Bonchev–Trinajstić information content (AvgIpc) is 3.41. The van der Waals surface area contributed by atoms with Crippen LogP contribution in [0.25, 0.3) is 0 Å². The molecule has 29 heavy (non-hydrogen) atoms. The van der Waals surface area contributed by atoms with Crippen molar-refractivity contribution in [3.63, 3.8) is 0 Å². The van der Waals surface area contributed by atoms with Crippen LogP contribution in [0.4, 0.5) is 0 Å². The number of amides is 1. The molecule has 1 amide bonds. The zero-order valence-electron chi connectivity index (χ0n) is 16.0. The maximum Gasteiger partial charge on any atom is 0.234 e. The lowest BCUT2D eigenvalue weighted by Gasteiger charge is -2.35. The van der Waals surface area contributed by atoms with Gasteiger partial charge in [-0.05, 0) is 46.7 Å². The zero-order chi connectivity index (χ0) is 19.6. The third kappa shape index (κ3) is 3.73. The fraction of sp³-hybridized carbons (Fsp3) is 0.261. The number of carbonyl (C=O) groups is 1. The molecule has 5 nitrogen and oxygen atoms in total. The van der Waals surface area contributed by atoms with E-state index >= 15 is 0 Å². The van der Waals surface area contributed by atoms with Crippen LogP contribution in [-0.4, -0.2) is 30.7 Å². The number of fused-ring (bicyclic) bond motifs is 2. The molecular formula is C23H22N2O3S. The van der Waals surface area contributed by atoms with Gasteiger partial charge in [-0.3, -0.25) is 9.69 Å². The van der Waals surface area contributed by atoms with Crippen LogP contribution in [0.5, 0.6) is 11.5 Å². The molecular weight excluding hydrogens is 384 g/mol. The fourth-order valence-corrected chi connectivity index (χ4v) is 4.96. The number of hydrogen-bond donors (Lipinski definition) is 1. The minimum atomic E-state index is 0.0299. The molecule has 3 heterocycles. The normalized spacial score (nSPS) is 17.7. The number of thiophene rings is 1. The molecule has 2 aliphatic rings. The van der Waals surface area contributed by atoms with Crippen molar-refractivity contribution in [2.24, 2.45) is 0 Å². The van der Waals surface area contributed by atoms with Gasteiger partial charge in [0.05, 0.1) is 12.6 Å². The van der Waals surface area contributed by atoms with Gasteiger partial charge in [0.25, 0.3) is 0 Å². The van der Waals surface area contributed by atoms with Crippen LogP contribution in [-0.2, 0) is 17.8 Å². The highest BCUT2D eigenvalue weighted by Crippen LogP contribution is 2.37. The highest BCUT2D eigenvalue weighted by Gasteiger charge is 2.30. The average molecular weight is 407 g/mol. The molecule has 0 bridgehead atoms. The third-order valence-corrected chi connectivity index (χ3v) is 6.45. The summed E-state index contributed by atoms with van der Waals surface area (Å²) in [5, 5.41) is 5.21. The van der Waals surface area contributed by atoms with E-state index in [0.717, 1.165) is 30.0 Å². The summed E-state index contributed by atoms with van der Waals surface area (Å²) in [7, 11) is 0. The molecule has 1 N–H and O–H groups in total. The highest BCUT2D eigenvalue weighted by atomic mass is 32.1. The predicted octanol–water partition coefficient (Wildman–Crippen LogP) is 3.74. The maximum atomic E-state index is 12.7. The molecule has 0 saturated heterocycles. The SMILES string of the molecule is O=C(CN1CCc2sccc2C1c1ccccc1)NCc1ccc2c(c1)OCO2. The number of benzene rings is 2. The number of nitrogens with one attached hydrogen (secondary N) is 1. The Hall–Kier alpha value is -2.83. The molecule has 0 aliphatic carbocycles. The summed E-state index contributed by atoms with van der Waals surface area (Å²) in [6, 6.07) is 18.6. The van der Waals surface area contributed by atoms with E-state index in [9.17, 15) is 4.79 Å². The first kappa shape index (κ1) is 18.2. The van der Waals surface area contributed by atoms with Crippen LogP contribution in [0.2, 0.25) is 0 Å². The topological polar surface area (TPSA) is 50.8 Å². The van der Waals surface area contributed by atoms with E-state index in [2.05, 4.69) is 45.9 Å². The zero-order valence-corrected chi connectivity index (χ0v) is 16.8. The second kappa shape index (κ2) is 7.89. The number of hydrogen-bond acceptors (Lipinski definition) is 5. The van der Waals surface area contributed by atoms with Gasteiger partial charge in [0.1, 0.15) is 0 Å². The molecule has 1 unspecified atom stereocenters. The molecule has 3 aromatic rings. The molecule has 0 saturated carbocycles. The first-order valence-electron chi connectivity index (χ1n) is 9.78. The Morgan fingerprint density at radius 1 is 1.10 bits per heavy atom. The van der Waals surface area contributed by atoms with Crippen LogP contribution in [0, 0.1) is 0 Å². The number of carbonyl (C=O) groups excluding carboxylic acids is 1. The van der Waals surface area contributed by atoms with Gasteiger partial charge in [0.2, 0.25) is 12.7 Å². The van der Waals surface area contributed by atoms with Gasteiger partial charge >= 0.3 is 0 Å². The van der Waals surface area contributed by atoms with Gasteiger partial charge in [-0.25, -0.2) is 0 Å². The molecule has 0 radical (unpaired) electrons. The molecule has 6 heteroatoms. The van der Waals surface area contributed by atoms with Crippen molar-refractivity contribution in [3.8, 4) is 11.5 Å². The fourth-order valence-electron chi connectivity index (χ4n) is 4.06. The Balaban J connectivity index is 1.28. The van der Waals surface area contributed by atoms with E-state index in [0.29, 0.717) is 13.1 Å².